The number of aliphatic hydroxyl groups is 1. The van der Waals surface area contributed by atoms with Crippen molar-refractivity contribution in [1.29, 1.82) is 0 Å². The van der Waals surface area contributed by atoms with Crippen molar-refractivity contribution in [3.63, 3.8) is 0 Å². The smallest absolute Gasteiger partial charge is 0.339 e. The number of carboxylic acid groups (broad SMARTS) is 1. The van der Waals surface area contributed by atoms with Gasteiger partial charge in [0.2, 0.25) is 0 Å². The van der Waals surface area contributed by atoms with Crippen LogP contribution in [-0.4, -0.2) is 16.2 Å². The zero-order chi connectivity index (χ0) is 10.9. The number of carbonyl (C=O) groups is 1. The Morgan fingerprint density at radius 3 is 2.36 bits per heavy atom. The van der Waals surface area contributed by atoms with Crippen LogP contribution in [0.1, 0.15) is 33.6 Å². The van der Waals surface area contributed by atoms with Crippen LogP contribution >= 0.6 is 0 Å². The van der Waals surface area contributed by atoms with E-state index in [-0.39, 0.29) is 17.3 Å². The van der Waals surface area contributed by atoms with Gasteiger partial charge in [-0.25, -0.2) is 4.79 Å². The van der Waals surface area contributed by atoms with Crippen LogP contribution in [0.5, 0.6) is 0 Å². The summed E-state index contributed by atoms with van der Waals surface area (Å²) < 4.78 is 0. The van der Waals surface area contributed by atoms with Gasteiger partial charge < -0.3 is 10.2 Å². The zero-order valence-corrected chi connectivity index (χ0v) is 8.79. The van der Waals surface area contributed by atoms with Gasteiger partial charge in [-0.05, 0) is 31.3 Å². The molecule has 0 fully saturated rings. The fraction of sp³-hybridized carbons (Fsp3) is 0.545. The first-order valence-electron chi connectivity index (χ1n) is 4.80. The summed E-state index contributed by atoms with van der Waals surface area (Å²) in [6.45, 7) is 5.69. The molecule has 0 saturated carbocycles. The minimum Gasteiger partial charge on any atom is -0.507 e. The maximum atomic E-state index is 10.9. The predicted molar refractivity (Wildman–Crippen MR) is 54.1 cm³/mol. The Hall–Kier alpha value is -1.25. The van der Waals surface area contributed by atoms with E-state index in [1.807, 2.05) is 13.8 Å². The molecule has 14 heavy (non-hydrogen) atoms. The van der Waals surface area contributed by atoms with Crippen molar-refractivity contribution >= 4 is 5.97 Å². The summed E-state index contributed by atoms with van der Waals surface area (Å²) in [6.07, 6.45) is 1.51. The number of aliphatic carboxylic acids is 1. The minimum atomic E-state index is -1.03. The van der Waals surface area contributed by atoms with Crippen LogP contribution in [0.4, 0.5) is 0 Å². The molecule has 0 amide bonds. The Balaban J connectivity index is 3.19. The quantitative estimate of drug-likeness (QED) is 0.713. The van der Waals surface area contributed by atoms with Gasteiger partial charge in [0.25, 0.3) is 0 Å². The van der Waals surface area contributed by atoms with Gasteiger partial charge in [-0.3, -0.25) is 0 Å². The SMILES string of the molecule is CC1=C(C(=O)O)C(O)=C(C(C)C)CC1. The van der Waals surface area contributed by atoms with Gasteiger partial charge in [0.1, 0.15) is 11.3 Å². The van der Waals surface area contributed by atoms with Gasteiger partial charge in [0.05, 0.1) is 0 Å². The molecule has 1 aliphatic carbocycles. The van der Waals surface area contributed by atoms with E-state index in [0.29, 0.717) is 0 Å². The second-order valence-corrected chi connectivity index (χ2v) is 3.99. The van der Waals surface area contributed by atoms with Gasteiger partial charge in [-0.15, -0.1) is 0 Å². The Bertz CT molecular complexity index is 321. The monoisotopic (exact) mass is 196 g/mol. The summed E-state index contributed by atoms with van der Waals surface area (Å²) >= 11 is 0. The van der Waals surface area contributed by atoms with Crippen molar-refractivity contribution in [2.24, 2.45) is 5.92 Å². The molecule has 0 aromatic carbocycles. The zero-order valence-electron chi connectivity index (χ0n) is 8.79. The average molecular weight is 196 g/mol. The summed E-state index contributed by atoms with van der Waals surface area (Å²) in [5, 5.41) is 18.7. The number of allylic oxidation sites excluding steroid dienone is 2. The molecule has 0 spiro atoms. The standard InChI is InChI=1S/C11H16O3/c1-6(2)8-5-4-7(3)9(10(8)12)11(13)14/h6,12H,4-5H2,1-3H3,(H,13,14). The third-order valence-corrected chi connectivity index (χ3v) is 2.65. The lowest BCUT2D eigenvalue weighted by atomic mass is 9.86. The first kappa shape index (κ1) is 10.8. The molecule has 1 aliphatic rings. The average Bonchev–Trinajstić information content (AvgIpc) is 2.02. The Kier molecular flexibility index (Phi) is 2.99. The maximum absolute atomic E-state index is 10.9. The number of hydrogen-bond acceptors (Lipinski definition) is 2. The molecular weight excluding hydrogens is 180 g/mol. The number of aliphatic hydroxyl groups excluding tert-OH is 1. The highest BCUT2D eigenvalue weighted by molar-refractivity contribution is 5.92. The molecule has 3 heteroatoms. The van der Waals surface area contributed by atoms with Crippen molar-refractivity contribution in [2.45, 2.75) is 33.6 Å². The predicted octanol–water partition coefficient (Wildman–Crippen LogP) is 2.65. The van der Waals surface area contributed by atoms with E-state index in [4.69, 9.17) is 5.11 Å². The van der Waals surface area contributed by atoms with Crippen LogP contribution in [0.15, 0.2) is 22.5 Å². The molecule has 0 saturated heterocycles. The molecule has 1 rings (SSSR count). The fourth-order valence-corrected chi connectivity index (χ4v) is 1.77. The van der Waals surface area contributed by atoms with Crippen molar-refractivity contribution < 1.29 is 15.0 Å². The third-order valence-electron chi connectivity index (χ3n) is 2.65. The van der Waals surface area contributed by atoms with E-state index in [0.717, 1.165) is 24.0 Å². The van der Waals surface area contributed by atoms with Crippen molar-refractivity contribution in [3.8, 4) is 0 Å². The van der Waals surface area contributed by atoms with Gasteiger partial charge >= 0.3 is 5.97 Å². The topological polar surface area (TPSA) is 57.5 Å². The number of hydrogen-bond donors (Lipinski definition) is 2. The molecule has 0 unspecified atom stereocenters. The Morgan fingerprint density at radius 1 is 1.36 bits per heavy atom. The molecule has 78 valence electrons. The molecule has 3 nitrogen and oxygen atoms in total. The lowest BCUT2D eigenvalue weighted by Gasteiger charge is -2.21. The van der Waals surface area contributed by atoms with Crippen LogP contribution in [-0.2, 0) is 4.79 Å². The maximum Gasteiger partial charge on any atom is 0.339 e. The largest absolute Gasteiger partial charge is 0.507 e. The van der Waals surface area contributed by atoms with Crippen molar-refractivity contribution in [1.82, 2.24) is 0 Å². The lowest BCUT2D eigenvalue weighted by molar-refractivity contribution is -0.132. The van der Waals surface area contributed by atoms with Gasteiger partial charge in [-0.1, -0.05) is 19.4 Å². The normalized spacial score (nSPS) is 18.0. The van der Waals surface area contributed by atoms with E-state index in [2.05, 4.69) is 0 Å². The number of carboxylic acids is 1. The highest BCUT2D eigenvalue weighted by Crippen LogP contribution is 2.32. The van der Waals surface area contributed by atoms with Gasteiger partial charge in [-0.2, -0.15) is 0 Å². The molecule has 0 aromatic heterocycles. The van der Waals surface area contributed by atoms with Gasteiger partial charge in [0.15, 0.2) is 0 Å². The van der Waals surface area contributed by atoms with Crippen molar-refractivity contribution in [3.05, 3.63) is 22.5 Å². The summed E-state index contributed by atoms with van der Waals surface area (Å²) in [4.78, 5) is 10.9. The van der Waals surface area contributed by atoms with E-state index in [1.165, 1.54) is 0 Å². The second kappa shape index (κ2) is 3.86. The summed E-state index contributed by atoms with van der Waals surface area (Å²) in [6, 6.07) is 0. The van der Waals surface area contributed by atoms with Gasteiger partial charge in [0, 0.05) is 0 Å². The highest BCUT2D eigenvalue weighted by atomic mass is 16.4. The minimum absolute atomic E-state index is 0.0174. The van der Waals surface area contributed by atoms with Crippen molar-refractivity contribution in [2.75, 3.05) is 0 Å². The molecular formula is C11H16O3. The molecule has 2 N–H and O–H groups in total. The Morgan fingerprint density at radius 2 is 1.93 bits per heavy atom. The number of rotatable bonds is 2. The van der Waals surface area contributed by atoms with Crippen LogP contribution in [0.2, 0.25) is 0 Å². The molecule has 0 bridgehead atoms. The highest BCUT2D eigenvalue weighted by Gasteiger charge is 2.25. The second-order valence-electron chi connectivity index (χ2n) is 3.99. The third kappa shape index (κ3) is 1.81. The molecule has 0 aliphatic heterocycles. The Labute approximate surface area is 83.8 Å². The first-order valence-corrected chi connectivity index (χ1v) is 4.80. The van der Waals surface area contributed by atoms with E-state index in [1.54, 1.807) is 6.92 Å². The van der Waals surface area contributed by atoms with Crippen LogP contribution in [0, 0.1) is 5.92 Å². The fourth-order valence-electron chi connectivity index (χ4n) is 1.77. The van der Waals surface area contributed by atoms with Crippen LogP contribution < -0.4 is 0 Å². The summed E-state index contributed by atoms with van der Waals surface area (Å²) in [7, 11) is 0. The van der Waals surface area contributed by atoms with Crippen LogP contribution in [0.25, 0.3) is 0 Å². The van der Waals surface area contributed by atoms with E-state index < -0.39 is 5.97 Å². The summed E-state index contributed by atoms with van der Waals surface area (Å²) in [5.74, 6) is -0.841. The van der Waals surface area contributed by atoms with E-state index in [9.17, 15) is 9.90 Å². The summed E-state index contributed by atoms with van der Waals surface area (Å²) in [5.41, 5.74) is 1.72. The molecule has 0 aromatic rings. The molecule has 0 heterocycles. The van der Waals surface area contributed by atoms with E-state index >= 15 is 0 Å². The lowest BCUT2D eigenvalue weighted by Crippen LogP contribution is -2.14. The van der Waals surface area contributed by atoms with Crippen LogP contribution in [0.3, 0.4) is 0 Å². The molecule has 0 atom stereocenters. The first-order chi connectivity index (χ1) is 6.45. The molecule has 0 radical (unpaired) electrons.